The first kappa shape index (κ1) is 77.5. The van der Waals surface area contributed by atoms with Crippen LogP contribution in [0.5, 0.6) is 0 Å². The molecule has 0 spiro atoms. The van der Waals surface area contributed by atoms with Crippen molar-refractivity contribution in [2.75, 3.05) is 47.5 Å². The predicted octanol–water partition coefficient (Wildman–Crippen LogP) is 21.2. The molecule has 0 amide bonds. The van der Waals surface area contributed by atoms with E-state index in [0.717, 1.165) is 51.4 Å². The third-order valence-corrected chi connectivity index (χ3v) is 15.6. The second-order valence-corrected chi connectivity index (χ2v) is 24.8. The van der Waals surface area contributed by atoms with Crippen LogP contribution in [0.2, 0.25) is 0 Å². The maximum atomic E-state index is 12.9. The number of rotatable bonds is 65. The molecule has 0 aromatic heterocycles. The molecule has 0 radical (unpaired) electrons. The molecule has 0 aromatic carbocycles. The van der Waals surface area contributed by atoms with Gasteiger partial charge in [0.1, 0.15) is 13.2 Å². The van der Waals surface area contributed by atoms with Crippen molar-refractivity contribution in [2.45, 2.75) is 354 Å². The average Bonchev–Trinajstić information content (AvgIpc) is 3.43. The van der Waals surface area contributed by atoms with E-state index in [-0.39, 0.29) is 38.2 Å². The summed E-state index contributed by atoms with van der Waals surface area (Å²) in [5.41, 5.74) is 0. The highest BCUT2D eigenvalue weighted by atomic mass is 16.7. The molecule has 9 heteroatoms. The van der Waals surface area contributed by atoms with Gasteiger partial charge in [-0.2, -0.15) is 0 Å². The van der Waals surface area contributed by atoms with Crippen molar-refractivity contribution in [3.05, 3.63) is 36.5 Å². The largest absolute Gasteiger partial charge is 0.477 e. The van der Waals surface area contributed by atoms with Gasteiger partial charge in [0.25, 0.3) is 6.29 Å². The lowest BCUT2D eigenvalue weighted by Gasteiger charge is -2.25. The zero-order valence-corrected chi connectivity index (χ0v) is 53.8. The van der Waals surface area contributed by atoms with Crippen molar-refractivity contribution < 1.29 is 42.9 Å². The molecule has 80 heavy (non-hydrogen) atoms. The molecule has 0 rings (SSSR count). The summed E-state index contributed by atoms with van der Waals surface area (Å²) < 4.78 is 23.0. The second kappa shape index (κ2) is 62.6. The lowest BCUT2D eigenvalue weighted by Crippen LogP contribution is -2.40. The van der Waals surface area contributed by atoms with Gasteiger partial charge in [0.2, 0.25) is 0 Å². The number of nitrogens with zero attached hydrogens (tertiary/aromatic N) is 1. The molecule has 0 saturated heterocycles. The minimum absolute atomic E-state index is 0.175. The van der Waals surface area contributed by atoms with Crippen LogP contribution in [0.4, 0.5) is 0 Å². The van der Waals surface area contributed by atoms with E-state index < -0.39 is 18.4 Å². The van der Waals surface area contributed by atoms with Crippen molar-refractivity contribution in [1.29, 1.82) is 0 Å². The number of esters is 2. The summed E-state index contributed by atoms with van der Waals surface area (Å²) in [5, 5.41) is 9.73. The van der Waals surface area contributed by atoms with Gasteiger partial charge in [0.05, 0.1) is 34.4 Å². The number of quaternary nitrogens is 1. The maximum absolute atomic E-state index is 12.9. The molecular weight excluding hydrogens is 995 g/mol. The van der Waals surface area contributed by atoms with Crippen LogP contribution in [0, 0.1) is 0 Å². The van der Waals surface area contributed by atoms with Gasteiger partial charge in [0, 0.05) is 12.8 Å². The molecule has 0 heterocycles. The van der Waals surface area contributed by atoms with Crippen LogP contribution in [0.15, 0.2) is 36.5 Å². The Kier molecular flexibility index (Phi) is 60.6. The SMILES string of the molecule is CCCCCCC/C=C\C/C=C\C/C=C\CCCCCCCCCCCCCCCCCCCCCCCCC(=O)OC(COC(=O)CCCCCCCCCCCCCCCCCCCC)COC(OCC[N+](C)(C)C)C(=O)O. The van der Waals surface area contributed by atoms with E-state index in [1.807, 2.05) is 21.1 Å². The lowest BCUT2D eigenvalue weighted by atomic mass is 10.0. The molecule has 0 aliphatic rings. The monoisotopic (exact) mass is 1130 g/mol. The molecule has 470 valence electrons. The number of carboxylic acid groups (broad SMARTS) is 1. The Morgan fingerprint density at radius 3 is 1.00 bits per heavy atom. The van der Waals surface area contributed by atoms with Crippen molar-refractivity contribution in [2.24, 2.45) is 0 Å². The topological polar surface area (TPSA) is 108 Å². The van der Waals surface area contributed by atoms with Gasteiger partial charge < -0.3 is 28.5 Å². The van der Waals surface area contributed by atoms with E-state index in [2.05, 4.69) is 50.3 Å². The smallest absolute Gasteiger partial charge is 0.361 e. The number of likely N-dealkylation sites (N-methyl/N-ethyl adjacent to an activating group) is 1. The number of carboxylic acids is 1. The van der Waals surface area contributed by atoms with E-state index in [1.54, 1.807) is 0 Å². The Bertz CT molecular complexity index is 1410. The normalized spacial score (nSPS) is 12.9. The zero-order valence-electron chi connectivity index (χ0n) is 53.8. The molecule has 0 aromatic rings. The summed E-state index contributed by atoms with van der Waals surface area (Å²) in [4.78, 5) is 37.5. The summed E-state index contributed by atoms with van der Waals surface area (Å²) in [6.45, 7) is 4.93. The number of carbonyl (C=O) groups excluding carboxylic acids is 2. The summed E-state index contributed by atoms with van der Waals surface area (Å²) in [6, 6.07) is 0. The van der Waals surface area contributed by atoms with Gasteiger partial charge in [-0.1, -0.05) is 314 Å². The third kappa shape index (κ3) is 63.1. The summed E-state index contributed by atoms with van der Waals surface area (Å²) in [7, 11) is 5.99. The van der Waals surface area contributed by atoms with E-state index in [1.165, 1.54) is 263 Å². The molecular formula is C71H134NO8+. The van der Waals surface area contributed by atoms with Crippen LogP contribution >= 0.6 is 0 Å². The Balaban J connectivity index is 3.99. The van der Waals surface area contributed by atoms with E-state index >= 15 is 0 Å². The van der Waals surface area contributed by atoms with Gasteiger partial charge in [-0.05, 0) is 51.4 Å². The van der Waals surface area contributed by atoms with E-state index in [4.69, 9.17) is 18.9 Å². The molecule has 0 saturated carbocycles. The minimum atomic E-state index is -1.51. The van der Waals surface area contributed by atoms with Crippen molar-refractivity contribution in [3.63, 3.8) is 0 Å². The van der Waals surface area contributed by atoms with Crippen LogP contribution in [-0.4, -0.2) is 87.4 Å². The summed E-state index contributed by atoms with van der Waals surface area (Å²) in [6.07, 6.45) is 75.5. The average molecular weight is 1130 g/mol. The highest BCUT2D eigenvalue weighted by Gasteiger charge is 2.25. The first-order chi connectivity index (χ1) is 39.1. The van der Waals surface area contributed by atoms with Gasteiger partial charge >= 0.3 is 17.9 Å². The first-order valence-electron chi connectivity index (χ1n) is 34.7. The molecule has 0 aliphatic heterocycles. The van der Waals surface area contributed by atoms with E-state index in [9.17, 15) is 19.5 Å². The van der Waals surface area contributed by atoms with Crippen molar-refractivity contribution in [1.82, 2.24) is 0 Å². The maximum Gasteiger partial charge on any atom is 0.361 e. The number of allylic oxidation sites excluding steroid dienone is 6. The number of carbonyl (C=O) groups is 3. The molecule has 0 aliphatic carbocycles. The number of hydrogen-bond donors (Lipinski definition) is 1. The second-order valence-electron chi connectivity index (χ2n) is 24.8. The molecule has 0 bridgehead atoms. The third-order valence-electron chi connectivity index (χ3n) is 15.6. The highest BCUT2D eigenvalue weighted by molar-refractivity contribution is 5.71. The fourth-order valence-electron chi connectivity index (χ4n) is 10.3. The zero-order chi connectivity index (χ0) is 58.3. The highest BCUT2D eigenvalue weighted by Crippen LogP contribution is 2.18. The van der Waals surface area contributed by atoms with Crippen molar-refractivity contribution in [3.8, 4) is 0 Å². The Hall–Kier alpha value is -2.49. The molecule has 1 N–H and O–H groups in total. The van der Waals surface area contributed by atoms with Gasteiger partial charge in [0.15, 0.2) is 6.10 Å². The van der Waals surface area contributed by atoms with Crippen LogP contribution in [0.3, 0.4) is 0 Å². The lowest BCUT2D eigenvalue weighted by molar-refractivity contribution is -0.870. The molecule has 2 unspecified atom stereocenters. The van der Waals surface area contributed by atoms with E-state index in [0.29, 0.717) is 17.4 Å². The van der Waals surface area contributed by atoms with Crippen molar-refractivity contribution >= 4 is 17.9 Å². The van der Waals surface area contributed by atoms with Gasteiger partial charge in [-0.3, -0.25) is 9.59 Å². The Morgan fingerprint density at radius 2 is 0.675 bits per heavy atom. The fraction of sp³-hybridized carbons (Fsp3) is 0.873. The molecule has 2 atom stereocenters. The fourth-order valence-corrected chi connectivity index (χ4v) is 10.3. The molecule has 0 fully saturated rings. The first-order valence-corrected chi connectivity index (χ1v) is 34.7. The summed E-state index contributed by atoms with van der Waals surface area (Å²) in [5.74, 6) is -1.98. The standard InChI is InChI=1S/C71H133NO8/c1-6-8-10-12-14-16-18-20-22-24-26-27-28-29-30-31-32-33-34-35-36-37-38-39-40-41-42-43-44-46-48-50-52-54-56-58-60-62-69(74)80-67(66-79-71(70(75)76)77-64-63-72(3,4)5)65-78-68(73)61-59-57-55-53-51-49-47-45-25-23-21-19-17-15-13-11-9-7-2/h18,20,24,26,28-29,67,71H,6-17,19,21-23,25,27,30-66H2,1-5H3/p+1/b20-18-,26-24-,29-28-. The van der Waals surface area contributed by atoms with Crippen LogP contribution in [0.1, 0.15) is 341 Å². The van der Waals surface area contributed by atoms with Gasteiger partial charge in [-0.15, -0.1) is 0 Å². The Labute approximate surface area is 496 Å². The van der Waals surface area contributed by atoms with Gasteiger partial charge in [-0.25, -0.2) is 4.79 Å². The van der Waals surface area contributed by atoms with Crippen LogP contribution in [-0.2, 0) is 33.3 Å². The number of hydrogen-bond acceptors (Lipinski definition) is 7. The number of aliphatic carboxylic acids is 1. The Morgan fingerprint density at radius 1 is 0.375 bits per heavy atom. The minimum Gasteiger partial charge on any atom is -0.477 e. The quantitative estimate of drug-likeness (QED) is 0.0211. The predicted molar refractivity (Wildman–Crippen MR) is 341 cm³/mol. The molecule has 9 nitrogen and oxygen atoms in total. The van der Waals surface area contributed by atoms with Crippen LogP contribution < -0.4 is 0 Å². The van der Waals surface area contributed by atoms with Crippen LogP contribution in [0.25, 0.3) is 0 Å². The number of ether oxygens (including phenoxy) is 4. The summed E-state index contributed by atoms with van der Waals surface area (Å²) >= 11 is 0. The number of unbranched alkanes of at least 4 members (excludes halogenated alkanes) is 44.